The quantitative estimate of drug-likeness (QED) is 0.572. The molecule has 0 atom stereocenters. The fraction of sp³-hybridized carbons (Fsp3) is 0.292. The third-order valence-corrected chi connectivity index (χ3v) is 6.18. The Bertz CT molecular complexity index is 1130. The van der Waals surface area contributed by atoms with E-state index in [-0.39, 0.29) is 18.4 Å². The minimum Gasteiger partial charge on any atom is -0.337 e. The molecular weight excluding hydrogens is 461 g/mol. The zero-order chi connectivity index (χ0) is 23.2. The first-order chi connectivity index (χ1) is 16.0. The number of amides is 2. The number of rotatable bonds is 6. The average molecular weight is 486 g/mol. The van der Waals surface area contributed by atoms with Crippen molar-refractivity contribution in [3.8, 4) is 0 Å². The van der Waals surface area contributed by atoms with E-state index in [4.69, 9.17) is 23.2 Å². The minimum absolute atomic E-state index is 0.0349. The van der Waals surface area contributed by atoms with E-state index in [2.05, 4.69) is 15.3 Å². The molecule has 0 aliphatic carbocycles. The normalized spacial score (nSPS) is 14.7. The number of carbonyl (C=O) groups is 2. The molecule has 1 aliphatic heterocycles. The summed E-state index contributed by atoms with van der Waals surface area (Å²) in [5.41, 5.74) is 1.51. The highest BCUT2D eigenvalue weighted by Gasteiger charge is 2.22. The number of halogens is 2. The van der Waals surface area contributed by atoms with Gasteiger partial charge in [0.2, 0.25) is 5.91 Å². The molecule has 1 saturated heterocycles. The van der Waals surface area contributed by atoms with E-state index in [1.807, 2.05) is 29.2 Å². The number of hydrogen-bond donors (Lipinski definition) is 1. The first-order valence-electron chi connectivity index (χ1n) is 10.8. The van der Waals surface area contributed by atoms with Gasteiger partial charge in [0, 0.05) is 47.9 Å². The zero-order valence-corrected chi connectivity index (χ0v) is 19.6. The third kappa shape index (κ3) is 6.13. The zero-order valence-electron chi connectivity index (χ0n) is 18.1. The molecule has 2 aromatic carbocycles. The molecule has 0 bridgehead atoms. The van der Waals surface area contributed by atoms with E-state index >= 15 is 0 Å². The number of hydrogen-bond acceptors (Lipinski definition) is 4. The lowest BCUT2D eigenvalue weighted by Gasteiger charge is -2.22. The molecule has 4 rings (SSSR count). The van der Waals surface area contributed by atoms with Gasteiger partial charge in [0.15, 0.2) is 0 Å². The molecule has 1 fully saturated rings. The number of anilines is 1. The van der Waals surface area contributed by atoms with Crippen LogP contribution in [0.25, 0.3) is 0 Å². The van der Waals surface area contributed by atoms with Crippen LogP contribution in [0.5, 0.6) is 0 Å². The molecule has 9 heteroatoms. The van der Waals surface area contributed by atoms with E-state index in [9.17, 15) is 9.59 Å². The second-order valence-electron chi connectivity index (χ2n) is 7.95. The summed E-state index contributed by atoms with van der Waals surface area (Å²) in [6.45, 7) is 3.28. The van der Waals surface area contributed by atoms with Crippen molar-refractivity contribution in [3.63, 3.8) is 0 Å². The fourth-order valence-electron chi connectivity index (χ4n) is 3.87. The van der Waals surface area contributed by atoms with E-state index in [1.165, 1.54) is 0 Å². The molecule has 2 amide bonds. The topological polar surface area (TPSA) is 70.5 Å². The van der Waals surface area contributed by atoms with Crippen LogP contribution in [0, 0.1) is 0 Å². The van der Waals surface area contributed by atoms with Gasteiger partial charge in [0.1, 0.15) is 5.82 Å². The standard InChI is InChI=1S/C24H25Cl2N5O2/c25-20-7-3-6-18(15-20)24(33)30-12-4-11-29(13-14-30)17-23(32)28-22-9-10-27-31(22)16-19-5-1-2-8-21(19)26/h1-3,5-10,15H,4,11-14,16-17H2,(H,28,32). The second kappa shape index (κ2) is 10.8. The summed E-state index contributed by atoms with van der Waals surface area (Å²) in [5.74, 6) is 0.463. The van der Waals surface area contributed by atoms with Crippen molar-refractivity contribution in [2.24, 2.45) is 0 Å². The Morgan fingerprint density at radius 2 is 1.82 bits per heavy atom. The second-order valence-corrected chi connectivity index (χ2v) is 8.79. The van der Waals surface area contributed by atoms with Gasteiger partial charge in [-0.05, 0) is 36.2 Å². The summed E-state index contributed by atoms with van der Waals surface area (Å²) in [4.78, 5) is 29.4. The maximum absolute atomic E-state index is 12.8. The monoisotopic (exact) mass is 485 g/mol. The Labute approximate surface area is 202 Å². The Hall–Kier alpha value is -2.87. The molecule has 0 radical (unpaired) electrons. The molecule has 0 saturated carbocycles. The van der Waals surface area contributed by atoms with Gasteiger partial charge in [-0.1, -0.05) is 47.5 Å². The van der Waals surface area contributed by atoms with E-state index < -0.39 is 0 Å². The van der Waals surface area contributed by atoms with Crippen LogP contribution in [0.15, 0.2) is 60.8 Å². The highest BCUT2D eigenvalue weighted by atomic mass is 35.5. The average Bonchev–Trinajstić information content (AvgIpc) is 3.09. The highest BCUT2D eigenvalue weighted by molar-refractivity contribution is 6.31. The van der Waals surface area contributed by atoms with Gasteiger partial charge >= 0.3 is 0 Å². The van der Waals surface area contributed by atoms with E-state index in [0.29, 0.717) is 47.6 Å². The van der Waals surface area contributed by atoms with Crippen molar-refractivity contribution in [3.05, 3.63) is 82.0 Å². The molecule has 2 heterocycles. The molecule has 7 nitrogen and oxygen atoms in total. The number of aromatic nitrogens is 2. The fourth-order valence-corrected chi connectivity index (χ4v) is 4.26. The van der Waals surface area contributed by atoms with Gasteiger partial charge in [-0.2, -0.15) is 5.10 Å². The SMILES string of the molecule is O=C(CN1CCCN(C(=O)c2cccc(Cl)c2)CC1)Nc1ccnn1Cc1ccccc1Cl. The largest absolute Gasteiger partial charge is 0.337 e. The molecule has 172 valence electrons. The van der Waals surface area contributed by atoms with Crippen molar-refractivity contribution in [2.45, 2.75) is 13.0 Å². The predicted octanol–water partition coefficient (Wildman–Crippen LogP) is 4.02. The third-order valence-electron chi connectivity index (χ3n) is 5.58. The van der Waals surface area contributed by atoms with Crippen molar-refractivity contribution < 1.29 is 9.59 Å². The number of benzene rings is 2. The molecule has 1 aromatic heterocycles. The van der Waals surface area contributed by atoms with Crippen LogP contribution >= 0.6 is 23.2 Å². The summed E-state index contributed by atoms with van der Waals surface area (Å²) in [7, 11) is 0. The van der Waals surface area contributed by atoms with Crippen LogP contribution in [0.3, 0.4) is 0 Å². The van der Waals surface area contributed by atoms with Crippen LogP contribution in [0.4, 0.5) is 5.82 Å². The summed E-state index contributed by atoms with van der Waals surface area (Å²) in [5, 5.41) is 8.46. The number of carbonyl (C=O) groups excluding carboxylic acids is 2. The summed E-state index contributed by atoms with van der Waals surface area (Å²) >= 11 is 12.3. The maximum Gasteiger partial charge on any atom is 0.253 e. The summed E-state index contributed by atoms with van der Waals surface area (Å²) in [6, 6.07) is 16.3. The summed E-state index contributed by atoms with van der Waals surface area (Å²) in [6.07, 6.45) is 2.45. The van der Waals surface area contributed by atoms with Crippen LogP contribution in [0.2, 0.25) is 10.0 Å². The Balaban J connectivity index is 1.31. The minimum atomic E-state index is -0.120. The Morgan fingerprint density at radius 3 is 2.64 bits per heavy atom. The van der Waals surface area contributed by atoms with Crippen molar-refractivity contribution in [1.82, 2.24) is 19.6 Å². The van der Waals surface area contributed by atoms with Gasteiger partial charge in [-0.25, -0.2) is 4.68 Å². The van der Waals surface area contributed by atoms with E-state index in [0.717, 1.165) is 18.5 Å². The molecule has 1 aliphatic rings. The van der Waals surface area contributed by atoms with Crippen LogP contribution in [0.1, 0.15) is 22.3 Å². The molecule has 33 heavy (non-hydrogen) atoms. The lowest BCUT2D eigenvalue weighted by molar-refractivity contribution is -0.117. The van der Waals surface area contributed by atoms with Crippen molar-refractivity contribution in [1.29, 1.82) is 0 Å². The first kappa shape index (κ1) is 23.3. The molecule has 1 N–H and O–H groups in total. The van der Waals surface area contributed by atoms with Crippen molar-refractivity contribution in [2.75, 3.05) is 38.0 Å². The van der Waals surface area contributed by atoms with Crippen LogP contribution in [-0.2, 0) is 11.3 Å². The maximum atomic E-state index is 12.8. The molecular formula is C24H25Cl2N5O2. The van der Waals surface area contributed by atoms with Crippen LogP contribution < -0.4 is 5.32 Å². The summed E-state index contributed by atoms with van der Waals surface area (Å²) < 4.78 is 1.72. The molecule has 0 unspecified atom stereocenters. The predicted molar refractivity (Wildman–Crippen MR) is 130 cm³/mol. The van der Waals surface area contributed by atoms with E-state index in [1.54, 1.807) is 41.2 Å². The van der Waals surface area contributed by atoms with Gasteiger partial charge in [-0.3, -0.25) is 14.5 Å². The Morgan fingerprint density at radius 1 is 0.970 bits per heavy atom. The lowest BCUT2D eigenvalue weighted by atomic mass is 10.2. The van der Waals surface area contributed by atoms with Gasteiger partial charge in [-0.15, -0.1) is 0 Å². The number of nitrogens with one attached hydrogen (secondary N) is 1. The Kier molecular flexibility index (Phi) is 7.65. The van der Waals surface area contributed by atoms with Gasteiger partial charge in [0.25, 0.3) is 5.91 Å². The van der Waals surface area contributed by atoms with Gasteiger partial charge in [0.05, 0.1) is 19.3 Å². The highest BCUT2D eigenvalue weighted by Crippen LogP contribution is 2.18. The van der Waals surface area contributed by atoms with Crippen molar-refractivity contribution >= 4 is 40.8 Å². The smallest absolute Gasteiger partial charge is 0.253 e. The molecule has 3 aromatic rings. The molecule has 0 spiro atoms. The first-order valence-corrected chi connectivity index (χ1v) is 11.6. The van der Waals surface area contributed by atoms with Crippen LogP contribution in [-0.4, -0.2) is 64.1 Å². The number of nitrogens with zero attached hydrogens (tertiary/aromatic N) is 4. The van der Waals surface area contributed by atoms with Gasteiger partial charge < -0.3 is 10.2 Å². The lowest BCUT2D eigenvalue weighted by Crippen LogP contribution is -2.38.